The Labute approximate surface area is 194 Å². The molecular formula is C24H21F3N2O5. The minimum Gasteiger partial charge on any atom is -0.478 e. The van der Waals surface area contributed by atoms with Crippen molar-refractivity contribution in [3.8, 4) is 22.8 Å². The van der Waals surface area contributed by atoms with Crippen LogP contribution in [0.5, 0.6) is 11.5 Å². The number of anilines is 1. The zero-order valence-electron chi connectivity index (χ0n) is 17.7. The van der Waals surface area contributed by atoms with E-state index in [2.05, 4.69) is 19.8 Å². The van der Waals surface area contributed by atoms with Crippen molar-refractivity contribution in [2.45, 2.75) is 31.5 Å². The van der Waals surface area contributed by atoms with Crippen LogP contribution in [0.3, 0.4) is 0 Å². The summed E-state index contributed by atoms with van der Waals surface area (Å²) >= 11 is 0. The van der Waals surface area contributed by atoms with E-state index in [1.54, 1.807) is 25.1 Å². The fourth-order valence-electron chi connectivity index (χ4n) is 3.99. The van der Waals surface area contributed by atoms with Gasteiger partial charge in [-0.1, -0.05) is 12.1 Å². The number of ether oxygens (including phenoxy) is 2. The fourth-order valence-corrected chi connectivity index (χ4v) is 3.99. The number of carbonyl (C=O) groups is 2. The van der Waals surface area contributed by atoms with Crippen molar-refractivity contribution < 1.29 is 40.2 Å². The number of amides is 1. The summed E-state index contributed by atoms with van der Waals surface area (Å²) in [4.78, 5) is 28.8. The maximum Gasteiger partial charge on any atom is 0.586 e. The molecule has 0 saturated heterocycles. The minimum absolute atomic E-state index is 0. The van der Waals surface area contributed by atoms with Crippen molar-refractivity contribution in [1.29, 1.82) is 0 Å². The van der Waals surface area contributed by atoms with Crippen molar-refractivity contribution in [3.05, 3.63) is 71.0 Å². The number of rotatable bonds is 5. The third-order valence-corrected chi connectivity index (χ3v) is 5.90. The SMILES string of the molecule is Cc1ccc(NC(=O)C2(c3ccc4c(c3)OC(F)(F)O4)CC2)nc1-c1cc(F)cc(C(=O)O)c1.[HH].[HH]. The highest BCUT2D eigenvalue weighted by Gasteiger charge is 2.53. The number of benzene rings is 2. The first-order chi connectivity index (χ1) is 16.1. The maximum atomic E-state index is 14.0. The largest absolute Gasteiger partial charge is 0.586 e. The van der Waals surface area contributed by atoms with E-state index in [-0.39, 0.29) is 37.2 Å². The molecule has 0 unspecified atom stereocenters. The number of halogens is 3. The Bertz CT molecular complexity index is 1370. The van der Waals surface area contributed by atoms with E-state index in [1.807, 2.05) is 0 Å². The average molecular weight is 474 g/mol. The lowest BCUT2D eigenvalue weighted by Gasteiger charge is -2.17. The Balaban J connectivity index is 0.00000180. The van der Waals surface area contributed by atoms with Crippen LogP contribution in [-0.4, -0.2) is 28.3 Å². The number of alkyl halides is 2. The fraction of sp³-hybridized carbons (Fsp3) is 0.208. The van der Waals surface area contributed by atoms with Gasteiger partial charge in [0.25, 0.3) is 0 Å². The first-order valence-corrected chi connectivity index (χ1v) is 10.3. The Morgan fingerprint density at radius 3 is 2.50 bits per heavy atom. The van der Waals surface area contributed by atoms with Crippen molar-refractivity contribution in [2.24, 2.45) is 0 Å². The predicted molar refractivity (Wildman–Crippen MR) is 118 cm³/mol. The highest BCUT2D eigenvalue weighted by Crippen LogP contribution is 2.52. The molecule has 1 aliphatic carbocycles. The van der Waals surface area contributed by atoms with Crippen LogP contribution in [0.25, 0.3) is 11.3 Å². The third-order valence-electron chi connectivity index (χ3n) is 5.90. The number of hydrogen-bond acceptors (Lipinski definition) is 5. The molecule has 5 rings (SSSR count). The topological polar surface area (TPSA) is 97.8 Å². The van der Waals surface area contributed by atoms with Gasteiger partial charge in [-0.25, -0.2) is 14.2 Å². The van der Waals surface area contributed by atoms with Crippen molar-refractivity contribution >= 4 is 17.7 Å². The molecule has 34 heavy (non-hydrogen) atoms. The maximum absolute atomic E-state index is 14.0. The molecule has 10 heteroatoms. The van der Waals surface area contributed by atoms with E-state index >= 15 is 0 Å². The summed E-state index contributed by atoms with van der Waals surface area (Å²) in [5.41, 5.74) is 0.569. The van der Waals surface area contributed by atoms with E-state index < -0.39 is 23.5 Å². The molecule has 2 N–H and O–H groups in total. The van der Waals surface area contributed by atoms with Crippen LogP contribution in [0, 0.1) is 12.7 Å². The predicted octanol–water partition coefficient (Wildman–Crippen LogP) is 5.38. The second-order valence-corrected chi connectivity index (χ2v) is 8.26. The highest BCUT2D eigenvalue weighted by atomic mass is 19.3. The van der Waals surface area contributed by atoms with Crippen LogP contribution in [0.1, 0.15) is 37.2 Å². The molecule has 1 amide bonds. The van der Waals surface area contributed by atoms with Gasteiger partial charge in [-0.05, 0) is 67.3 Å². The smallest absolute Gasteiger partial charge is 0.478 e. The number of aryl methyl sites for hydroxylation is 1. The molecule has 0 bridgehead atoms. The lowest BCUT2D eigenvalue weighted by molar-refractivity contribution is -0.286. The van der Waals surface area contributed by atoms with Gasteiger partial charge in [-0.3, -0.25) is 4.79 Å². The van der Waals surface area contributed by atoms with Crippen LogP contribution in [0.2, 0.25) is 0 Å². The number of nitrogens with one attached hydrogen (secondary N) is 1. The van der Waals surface area contributed by atoms with E-state index in [4.69, 9.17) is 0 Å². The van der Waals surface area contributed by atoms with Gasteiger partial charge in [0.1, 0.15) is 11.6 Å². The second-order valence-electron chi connectivity index (χ2n) is 8.26. The zero-order valence-corrected chi connectivity index (χ0v) is 17.7. The Morgan fingerprint density at radius 2 is 1.79 bits per heavy atom. The number of carbonyl (C=O) groups excluding carboxylic acids is 1. The molecule has 3 aromatic rings. The monoisotopic (exact) mass is 474 g/mol. The van der Waals surface area contributed by atoms with Crippen LogP contribution >= 0.6 is 0 Å². The number of aromatic carboxylic acids is 1. The van der Waals surface area contributed by atoms with E-state index in [0.29, 0.717) is 29.7 Å². The molecule has 0 atom stereocenters. The molecule has 2 aliphatic rings. The molecule has 7 nitrogen and oxygen atoms in total. The molecule has 1 aliphatic heterocycles. The molecule has 2 aromatic carbocycles. The summed E-state index contributed by atoms with van der Waals surface area (Å²) in [7, 11) is 0. The first kappa shape index (κ1) is 21.7. The lowest BCUT2D eigenvalue weighted by Crippen LogP contribution is -2.28. The average Bonchev–Trinajstić information content (AvgIpc) is 3.51. The first-order valence-electron chi connectivity index (χ1n) is 10.3. The summed E-state index contributed by atoms with van der Waals surface area (Å²) in [6, 6.07) is 10.9. The van der Waals surface area contributed by atoms with Crippen LogP contribution in [0.15, 0.2) is 48.5 Å². The Kier molecular flexibility index (Phi) is 4.78. The van der Waals surface area contributed by atoms with E-state index in [0.717, 1.165) is 12.1 Å². The number of nitrogens with zero attached hydrogens (tertiary/aromatic N) is 1. The van der Waals surface area contributed by atoms with Crippen LogP contribution in [0.4, 0.5) is 19.0 Å². The zero-order chi connectivity index (χ0) is 24.3. The Hall–Kier alpha value is -4.08. The number of aromatic nitrogens is 1. The third kappa shape index (κ3) is 3.81. The van der Waals surface area contributed by atoms with Gasteiger partial charge in [-0.2, -0.15) is 0 Å². The highest BCUT2D eigenvalue weighted by molar-refractivity contribution is 6.01. The van der Waals surface area contributed by atoms with E-state index in [9.17, 15) is 27.9 Å². The Morgan fingerprint density at radius 1 is 1.06 bits per heavy atom. The molecular weight excluding hydrogens is 453 g/mol. The van der Waals surface area contributed by atoms with E-state index in [1.165, 1.54) is 18.2 Å². The molecule has 178 valence electrons. The summed E-state index contributed by atoms with van der Waals surface area (Å²) in [5, 5.41) is 11.9. The quantitative estimate of drug-likeness (QED) is 0.516. The lowest BCUT2D eigenvalue weighted by atomic mass is 9.94. The molecule has 2 heterocycles. The van der Waals surface area contributed by atoms with Gasteiger partial charge in [-0.15, -0.1) is 8.78 Å². The summed E-state index contributed by atoms with van der Waals surface area (Å²) in [6.07, 6.45) is -2.75. The normalized spacial score (nSPS) is 16.7. The second kappa shape index (κ2) is 7.47. The molecule has 0 spiro atoms. The minimum atomic E-state index is -3.75. The number of hydrogen-bond donors (Lipinski definition) is 2. The van der Waals surface area contributed by atoms with Gasteiger partial charge in [0.05, 0.1) is 16.7 Å². The summed E-state index contributed by atoms with van der Waals surface area (Å²) in [5.74, 6) is -2.45. The molecule has 1 saturated carbocycles. The number of fused-ring (bicyclic) bond motifs is 1. The van der Waals surface area contributed by atoms with Gasteiger partial charge in [0.2, 0.25) is 5.91 Å². The van der Waals surface area contributed by atoms with Gasteiger partial charge in [0.15, 0.2) is 11.5 Å². The number of pyridine rings is 1. The van der Waals surface area contributed by atoms with Crippen molar-refractivity contribution in [1.82, 2.24) is 4.98 Å². The van der Waals surface area contributed by atoms with Crippen LogP contribution < -0.4 is 14.8 Å². The molecule has 1 fully saturated rings. The number of carboxylic acid groups (broad SMARTS) is 1. The van der Waals surface area contributed by atoms with Gasteiger partial charge < -0.3 is 19.9 Å². The molecule has 1 aromatic heterocycles. The summed E-state index contributed by atoms with van der Waals surface area (Å²) in [6.45, 7) is 1.73. The van der Waals surface area contributed by atoms with Gasteiger partial charge >= 0.3 is 12.3 Å². The van der Waals surface area contributed by atoms with Crippen LogP contribution in [-0.2, 0) is 10.2 Å². The number of carboxylic acids is 1. The van der Waals surface area contributed by atoms with Gasteiger partial charge in [0, 0.05) is 8.42 Å². The van der Waals surface area contributed by atoms with Crippen molar-refractivity contribution in [3.63, 3.8) is 0 Å². The molecule has 0 radical (unpaired) electrons. The standard InChI is InChI=1S/C24H17F3N2O5.2H2/c1-12-2-5-19(28-20(12)13-8-14(21(30)31)10-16(25)9-13)29-22(32)23(6-7-23)15-3-4-17-18(11-15)34-24(26,27)33-17;;/h2-5,8-11H,6-7H2,1H3,(H,30,31)(H,28,29,32);2*1H. The van der Waals surface area contributed by atoms with Crippen molar-refractivity contribution in [2.75, 3.05) is 5.32 Å². The summed E-state index contributed by atoms with van der Waals surface area (Å²) < 4.78 is 49.6.